The molecule has 1 saturated carbocycles. The van der Waals surface area contributed by atoms with Gasteiger partial charge in [-0.05, 0) is 32.6 Å². The van der Waals surface area contributed by atoms with Gasteiger partial charge in [-0.1, -0.05) is 6.58 Å². The molecule has 186 valence electrons. The topological polar surface area (TPSA) is 152 Å². The molecule has 0 aliphatic heterocycles. The number of carbonyl (C=O) groups is 5. The fourth-order valence-electron chi connectivity index (χ4n) is 3.08. The van der Waals surface area contributed by atoms with Gasteiger partial charge in [-0.25, -0.2) is 4.79 Å². The van der Waals surface area contributed by atoms with E-state index in [1.54, 1.807) is 0 Å². The van der Waals surface area contributed by atoms with Crippen molar-refractivity contribution >= 4 is 29.8 Å². The van der Waals surface area contributed by atoms with Crippen LogP contribution in [0.2, 0.25) is 0 Å². The third-order valence-electron chi connectivity index (χ3n) is 4.94. The minimum Gasteiger partial charge on any atom is -0.481 e. The highest BCUT2D eigenvalue weighted by Gasteiger charge is 2.30. The van der Waals surface area contributed by atoms with Gasteiger partial charge in [-0.15, -0.1) is 0 Å². The Morgan fingerprint density at radius 1 is 0.879 bits per heavy atom. The molecule has 1 aliphatic carbocycles. The Balaban J connectivity index is 2.17. The normalized spacial score (nSPS) is 18.5. The van der Waals surface area contributed by atoms with E-state index in [1.807, 2.05) is 0 Å². The maximum atomic E-state index is 12.0. The molecule has 0 aromatic rings. The van der Waals surface area contributed by atoms with E-state index in [1.165, 1.54) is 14.0 Å². The van der Waals surface area contributed by atoms with E-state index in [0.29, 0.717) is 25.7 Å². The molecular formula is C22H32O11. The third kappa shape index (κ3) is 11.5. The molecule has 11 nitrogen and oxygen atoms in total. The van der Waals surface area contributed by atoms with Gasteiger partial charge in [0, 0.05) is 12.7 Å². The first kappa shape index (κ1) is 28.1. The second kappa shape index (κ2) is 15.0. The lowest BCUT2D eigenvalue weighted by Gasteiger charge is -2.24. The highest BCUT2D eigenvalue weighted by atomic mass is 16.6. The molecule has 0 heterocycles. The van der Waals surface area contributed by atoms with Crippen LogP contribution in [0, 0.1) is 11.8 Å². The van der Waals surface area contributed by atoms with Crippen LogP contribution in [0.15, 0.2) is 12.2 Å². The van der Waals surface area contributed by atoms with E-state index >= 15 is 0 Å². The number of aliphatic carboxylic acids is 1. The Hall–Kier alpha value is -2.95. The van der Waals surface area contributed by atoms with Crippen molar-refractivity contribution in [1.82, 2.24) is 0 Å². The highest BCUT2D eigenvalue weighted by molar-refractivity contribution is 5.87. The summed E-state index contributed by atoms with van der Waals surface area (Å²) in [6, 6.07) is 0. The van der Waals surface area contributed by atoms with Crippen molar-refractivity contribution in [2.45, 2.75) is 51.6 Å². The first-order valence-electron chi connectivity index (χ1n) is 10.7. The molecule has 0 saturated heterocycles. The largest absolute Gasteiger partial charge is 0.481 e. The molecule has 0 aromatic carbocycles. The zero-order valence-electron chi connectivity index (χ0n) is 19.0. The maximum Gasteiger partial charge on any atom is 0.333 e. The summed E-state index contributed by atoms with van der Waals surface area (Å²) in [5.74, 6) is -4.02. The zero-order chi connectivity index (χ0) is 24.8. The van der Waals surface area contributed by atoms with Crippen LogP contribution in [0.3, 0.4) is 0 Å². The quantitative estimate of drug-likeness (QED) is 0.169. The Kier molecular flexibility index (Phi) is 12.8. The van der Waals surface area contributed by atoms with Crippen LogP contribution in [0.4, 0.5) is 0 Å². The number of rotatable bonds is 14. The summed E-state index contributed by atoms with van der Waals surface area (Å²) in [7, 11) is 1.40. The number of hydrogen-bond donors (Lipinski definition) is 1. The summed E-state index contributed by atoms with van der Waals surface area (Å²) in [5.41, 5.74) is 0.196. The second-order valence-corrected chi connectivity index (χ2v) is 7.72. The smallest absolute Gasteiger partial charge is 0.333 e. The lowest BCUT2D eigenvalue weighted by Crippen LogP contribution is -2.29. The number of esters is 4. The third-order valence-corrected chi connectivity index (χ3v) is 4.94. The minimum absolute atomic E-state index is 0.0219. The van der Waals surface area contributed by atoms with Crippen LogP contribution in [0.25, 0.3) is 0 Å². The van der Waals surface area contributed by atoms with Gasteiger partial charge in [-0.2, -0.15) is 0 Å². The molecule has 0 radical (unpaired) electrons. The summed E-state index contributed by atoms with van der Waals surface area (Å²) in [6.45, 7) is 4.46. The maximum absolute atomic E-state index is 12.0. The first-order valence-corrected chi connectivity index (χ1v) is 10.7. The van der Waals surface area contributed by atoms with Crippen molar-refractivity contribution in [3.05, 3.63) is 12.2 Å². The van der Waals surface area contributed by atoms with Gasteiger partial charge >= 0.3 is 29.8 Å². The standard InChI is InChI=1S/C22H32O11/c1-14(2)21(27)33-17(12-29-3)13-32-19(24)9-8-18(23)30-10-11-31-22(28)16-6-4-15(5-7-16)20(25)26/h15-17H,1,4-13H2,2-3H3,(H,25,26). The van der Waals surface area contributed by atoms with Crippen molar-refractivity contribution in [2.24, 2.45) is 11.8 Å². The molecule has 0 aromatic heterocycles. The fraction of sp³-hybridized carbons (Fsp3) is 0.682. The molecule has 1 N–H and O–H groups in total. The van der Waals surface area contributed by atoms with Gasteiger partial charge < -0.3 is 28.8 Å². The number of carbonyl (C=O) groups excluding carboxylic acids is 4. The molecule has 1 fully saturated rings. The molecule has 0 bridgehead atoms. The van der Waals surface area contributed by atoms with Crippen molar-refractivity contribution in [3.63, 3.8) is 0 Å². The number of carboxylic acid groups (broad SMARTS) is 1. The molecule has 0 spiro atoms. The number of carboxylic acids is 1. The molecule has 0 amide bonds. The average Bonchev–Trinajstić information content (AvgIpc) is 2.78. The van der Waals surface area contributed by atoms with Crippen molar-refractivity contribution in [1.29, 1.82) is 0 Å². The monoisotopic (exact) mass is 472 g/mol. The predicted molar refractivity (Wildman–Crippen MR) is 112 cm³/mol. The van der Waals surface area contributed by atoms with E-state index in [4.69, 9.17) is 28.8 Å². The SMILES string of the molecule is C=C(C)C(=O)OC(COC)COC(=O)CCC(=O)OCCOC(=O)C1CCC(C(=O)O)CC1. The van der Waals surface area contributed by atoms with Gasteiger partial charge in [-0.3, -0.25) is 19.2 Å². The number of hydrogen-bond acceptors (Lipinski definition) is 10. The average molecular weight is 472 g/mol. The molecule has 1 atom stereocenters. The Labute approximate surface area is 192 Å². The Morgan fingerprint density at radius 3 is 1.97 bits per heavy atom. The van der Waals surface area contributed by atoms with Gasteiger partial charge in [0.25, 0.3) is 0 Å². The number of ether oxygens (including phenoxy) is 5. The summed E-state index contributed by atoms with van der Waals surface area (Å²) in [6.07, 6.45) is 0.506. The molecule has 1 unspecified atom stereocenters. The lowest BCUT2D eigenvalue weighted by atomic mass is 9.82. The van der Waals surface area contributed by atoms with Gasteiger partial charge in [0.1, 0.15) is 19.8 Å². The van der Waals surface area contributed by atoms with Crippen LogP contribution >= 0.6 is 0 Å². The second-order valence-electron chi connectivity index (χ2n) is 7.72. The molecular weight excluding hydrogens is 440 g/mol. The van der Waals surface area contributed by atoms with E-state index in [-0.39, 0.29) is 50.8 Å². The minimum atomic E-state index is -0.849. The Bertz CT molecular complexity index is 707. The summed E-state index contributed by atoms with van der Waals surface area (Å²) in [5, 5.41) is 8.97. The van der Waals surface area contributed by atoms with Crippen molar-refractivity contribution in [3.8, 4) is 0 Å². The van der Waals surface area contributed by atoms with E-state index < -0.39 is 41.9 Å². The molecule has 1 rings (SSSR count). The van der Waals surface area contributed by atoms with E-state index in [9.17, 15) is 24.0 Å². The van der Waals surface area contributed by atoms with Crippen LogP contribution in [0.1, 0.15) is 45.4 Å². The van der Waals surface area contributed by atoms with E-state index in [2.05, 4.69) is 6.58 Å². The molecule has 33 heavy (non-hydrogen) atoms. The predicted octanol–water partition coefficient (Wildman–Crippen LogP) is 1.42. The first-order chi connectivity index (χ1) is 15.6. The van der Waals surface area contributed by atoms with Crippen LogP contribution in [-0.4, -0.2) is 74.6 Å². The summed E-state index contributed by atoms with van der Waals surface area (Å²) in [4.78, 5) is 58.0. The van der Waals surface area contributed by atoms with Crippen molar-refractivity contribution in [2.75, 3.05) is 33.5 Å². The highest BCUT2D eigenvalue weighted by Crippen LogP contribution is 2.29. The molecule has 11 heteroatoms. The van der Waals surface area contributed by atoms with Crippen LogP contribution in [-0.2, 0) is 47.7 Å². The van der Waals surface area contributed by atoms with Gasteiger partial charge in [0.05, 0.1) is 31.3 Å². The van der Waals surface area contributed by atoms with Crippen molar-refractivity contribution < 1.29 is 52.8 Å². The molecule has 1 aliphatic rings. The lowest BCUT2D eigenvalue weighted by molar-refractivity contribution is -0.161. The Morgan fingerprint density at radius 2 is 1.42 bits per heavy atom. The van der Waals surface area contributed by atoms with Gasteiger partial charge in [0.15, 0.2) is 6.10 Å². The summed E-state index contributed by atoms with van der Waals surface area (Å²) < 4.78 is 25.0. The fourth-order valence-corrected chi connectivity index (χ4v) is 3.08. The zero-order valence-corrected chi connectivity index (χ0v) is 19.0. The number of methoxy groups -OCH3 is 1. The van der Waals surface area contributed by atoms with Crippen LogP contribution < -0.4 is 0 Å². The van der Waals surface area contributed by atoms with E-state index in [0.717, 1.165) is 0 Å². The van der Waals surface area contributed by atoms with Crippen LogP contribution in [0.5, 0.6) is 0 Å². The van der Waals surface area contributed by atoms with Gasteiger partial charge in [0.2, 0.25) is 0 Å². The summed E-state index contributed by atoms with van der Waals surface area (Å²) >= 11 is 0.